The fourth-order valence-electron chi connectivity index (χ4n) is 3.79. The molecule has 0 aliphatic carbocycles. The van der Waals surface area contributed by atoms with E-state index in [-0.39, 0.29) is 11.6 Å². The van der Waals surface area contributed by atoms with Gasteiger partial charge in [-0.3, -0.25) is 9.89 Å². The zero-order valence-electron chi connectivity index (χ0n) is 16.8. The van der Waals surface area contributed by atoms with Crippen LogP contribution >= 0.6 is 0 Å². The van der Waals surface area contributed by atoms with E-state index in [1.165, 1.54) is 0 Å². The van der Waals surface area contributed by atoms with Gasteiger partial charge in [0.2, 0.25) is 5.82 Å². The van der Waals surface area contributed by atoms with Gasteiger partial charge in [-0.15, -0.1) is 10.2 Å². The fraction of sp³-hybridized carbons (Fsp3) is 0.273. The highest BCUT2D eigenvalue weighted by Gasteiger charge is 2.17. The van der Waals surface area contributed by atoms with E-state index in [0.717, 1.165) is 46.4 Å². The molecule has 0 bridgehead atoms. The summed E-state index contributed by atoms with van der Waals surface area (Å²) in [5.74, 6) is 0.555. The van der Waals surface area contributed by atoms with Gasteiger partial charge in [0.1, 0.15) is 0 Å². The summed E-state index contributed by atoms with van der Waals surface area (Å²) in [5.41, 5.74) is 5.50. The van der Waals surface area contributed by atoms with Crippen molar-refractivity contribution < 1.29 is 0 Å². The molecule has 4 rings (SSSR count). The summed E-state index contributed by atoms with van der Waals surface area (Å²) in [6, 6.07) is 16.1. The maximum absolute atomic E-state index is 13.0. The Labute approximate surface area is 168 Å². The lowest BCUT2D eigenvalue weighted by atomic mass is 9.97. The van der Waals surface area contributed by atoms with Crippen LogP contribution in [0.3, 0.4) is 0 Å². The second kappa shape index (κ2) is 7.87. The molecule has 2 N–H and O–H groups in total. The Morgan fingerprint density at radius 2 is 1.72 bits per heavy atom. The minimum atomic E-state index is 0.0309. The topological polar surface area (TPSA) is 92.2 Å². The van der Waals surface area contributed by atoms with Crippen molar-refractivity contribution in [2.75, 3.05) is 0 Å². The Bertz CT molecular complexity index is 1150. The van der Waals surface area contributed by atoms with E-state index in [2.05, 4.69) is 39.6 Å². The van der Waals surface area contributed by atoms with Crippen LogP contribution in [0, 0.1) is 6.92 Å². The Balaban J connectivity index is 1.72. The van der Waals surface area contributed by atoms with Crippen molar-refractivity contribution in [1.82, 2.24) is 30.4 Å². The minimum Gasteiger partial charge on any atom is -0.299 e. The first-order valence-corrected chi connectivity index (χ1v) is 9.85. The molecule has 7 heteroatoms. The molecular weight excluding hydrogens is 364 g/mol. The highest BCUT2D eigenvalue weighted by Crippen LogP contribution is 2.31. The van der Waals surface area contributed by atoms with Crippen LogP contribution in [0.5, 0.6) is 0 Å². The summed E-state index contributed by atoms with van der Waals surface area (Å²) in [4.78, 5) is 13.0. The van der Waals surface area contributed by atoms with E-state index in [0.29, 0.717) is 5.82 Å². The average Bonchev–Trinajstić information content (AvgIpc) is 3.37. The van der Waals surface area contributed by atoms with E-state index in [1.807, 2.05) is 55.5 Å². The smallest absolute Gasteiger partial charge is 0.274 e. The van der Waals surface area contributed by atoms with Crippen LogP contribution in [-0.2, 0) is 0 Å². The SMILES string of the molecule is CCCC(C)n1[nH]c(C)c(-c2ccc(-c3ccccc3-c3nn[nH]n3)cc2)c1=O. The lowest BCUT2D eigenvalue weighted by Crippen LogP contribution is -2.21. The standard InChI is InChI=1S/C22H24N6O/c1-4-7-14(2)28-22(29)20(15(3)25-28)17-12-10-16(11-13-17)18-8-5-6-9-19(18)21-23-26-27-24-21/h5-6,8-14,25H,4,7H2,1-3H3,(H,23,24,26,27). The molecule has 2 heterocycles. The lowest BCUT2D eigenvalue weighted by Gasteiger charge is -2.10. The number of hydrogen-bond acceptors (Lipinski definition) is 4. The summed E-state index contributed by atoms with van der Waals surface area (Å²) in [7, 11) is 0. The van der Waals surface area contributed by atoms with Gasteiger partial charge in [0.15, 0.2) is 0 Å². The molecule has 0 saturated heterocycles. The van der Waals surface area contributed by atoms with E-state index in [9.17, 15) is 4.79 Å². The highest BCUT2D eigenvalue weighted by atomic mass is 16.1. The maximum Gasteiger partial charge on any atom is 0.274 e. The van der Waals surface area contributed by atoms with Crippen LogP contribution in [0.4, 0.5) is 0 Å². The molecular formula is C22H24N6O. The normalized spacial score (nSPS) is 12.2. The van der Waals surface area contributed by atoms with E-state index in [4.69, 9.17) is 0 Å². The Morgan fingerprint density at radius 1 is 1.03 bits per heavy atom. The summed E-state index contributed by atoms with van der Waals surface area (Å²) in [6.45, 7) is 6.15. The van der Waals surface area contributed by atoms with Crippen molar-refractivity contribution in [1.29, 1.82) is 0 Å². The number of nitrogens with zero attached hydrogens (tertiary/aromatic N) is 4. The number of aromatic nitrogens is 6. The molecule has 2 aromatic heterocycles. The van der Waals surface area contributed by atoms with Crippen molar-refractivity contribution in [2.24, 2.45) is 0 Å². The predicted octanol–water partition coefficient (Wildman–Crippen LogP) is 4.36. The molecule has 0 saturated carbocycles. The monoisotopic (exact) mass is 388 g/mol. The molecule has 0 fully saturated rings. The molecule has 0 amide bonds. The van der Waals surface area contributed by atoms with Gasteiger partial charge in [-0.1, -0.05) is 61.9 Å². The second-order valence-corrected chi connectivity index (χ2v) is 7.28. The molecule has 0 aliphatic rings. The van der Waals surface area contributed by atoms with E-state index < -0.39 is 0 Å². The third kappa shape index (κ3) is 3.51. The number of tetrazole rings is 1. The Kier molecular flexibility index (Phi) is 5.12. The third-order valence-electron chi connectivity index (χ3n) is 5.24. The van der Waals surface area contributed by atoms with Crippen LogP contribution in [0.25, 0.3) is 33.6 Å². The number of H-pyrrole nitrogens is 2. The summed E-state index contributed by atoms with van der Waals surface area (Å²) in [5, 5.41) is 17.6. The zero-order chi connectivity index (χ0) is 20.4. The predicted molar refractivity (Wildman–Crippen MR) is 113 cm³/mol. The molecule has 29 heavy (non-hydrogen) atoms. The molecule has 0 aliphatic heterocycles. The molecule has 1 atom stereocenters. The third-order valence-corrected chi connectivity index (χ3v) is 5.24. The minimum absolute atomic E-state index is 0.0309. The number of aromatic amines is 2. The highest BCUT2D eigenvalue weighted by molar-refractivity contribution is 5.81. The average molecular weight is 388 g/mol. The molecule has 148 valence electrons. The summed E-state index contributed by atoms with van der Waals surface area (Å²) in [6.07, 6.45) is 2.00. The van der Waals surface area contributed by atoms with Gasteiger partial charge in [0.25, 0.3) is 5.56 Å². The fourth-order valence-corrected chi connectivity index (χ4v) is 3.79. The van der Waals surface area contributed by atoms with Gasteiger partial charge in [-0.2, -0.15) is 5.21 Å². The van der Waals surface area contributed by atoms with E-state index >= 15 is 0 Å². The summed E-state index contributed by atoms with van der Waals surface area (Å²) >= 11 is 0. The van der Waals surface area contributed by atoms with Crippen molar-refractivity contribution in [2.45, 2.75) is 39.7 Å². The number of rotatable bonds is 6. The molecule has 7 nitrogen and oxygen atoms in total. The molecule has 4 aromatic rings. The van der Waals surface area contributed by atoms with Crippen molar-refractivity contribution in [3.8, 4) is 33.6 Å². The molecule has 1 unspecified atom stereocenters. The van der Waals surface area contributed by atoms with Gasteiger partial charge in [0, 0.05) is 11.3 Å². The number of hydrogen-bond donors (Lipinski definition) is 2. The second-order valence-electron chi connectivity index (χ2n) is 7.28. The van der Waals surface area contributed by atoms with Crippen molar-refractivity contribution in [3.63, 3.8) is 0 Å². The zero-order valence-corrected chi connectivity index (χ0v) is 16.8. The number of aryl methyl sites for hydroxylation is 1. The largest absolute Gasteiger partial charge is 0.299 e. The maximum atomic E-state index is 13.0. The van der Waals surface area contributed by atoms with Crippen LogP contribution in [0.2, 0.25) is 0 Å². The van der Waals surface area contributed by atoms with Crippen LogP contribution in [0.1, 0.15) is 38.4 Å². The van der Waals surface area contributed by atoms with Gasteiger partial charge >= 0.3 is 0 Å². The van der Waals surface area contributed by atoms with Gasteiger partial charge in [-0.25, -0.2) is 4.68 Å². The van der Waals surface area contributed by atoms with Crippen molar-refractivity contribution in [3.05, 3.63) is 64.6 Å². The molecule has 2 aromatic carbocycles. The van der Waals surface area contributed by atoms with Crippen LogP contribution in [-0.4, -0.2) is 30.4 Å². The van der Waals surface area contributed by atoms with Gasteiger partial charge in [-0.05, 0) is 42.2 Å². The molecule has 0 radical (unpaired) electrons. The first-order chi connectivity index (χ1) is 14.1. The quantitative estimate of drug-likeness (QED) is 0.513. The Hall–Kier alpha value is -3.48. The van der Waals surface area contributed by atoms with Gasteiger partial charge in [0.05, 0.1) is 11.6 Å². The lowest BCUT2D eigenvalue weighted by molar-refractivity contribution is 0.442. The number of nitrogens with one attached hydrogen (secondary N) is 2. The number of benzene rings is 2. The van der Waals surface area contributed by atoms with E-state index in [1.54, 1.807) is 4.68 Å². The van der Waals surface area contributed by atoms with Gasteiger partial charge < -0.3 is 0 Å². The first kappa shape index (κ1) is 18.9. The van der Waals surface area contributed by atoms with Crippen LogP contribution in [0.15, 0.2) is 53.3 Å². The van der Waals surface area contributed by atoms with Crippen molar-refractivity contribution >= 4 is 0 Å². The molecule has 0 spiro atoms. The first-order valence-electron chi connectivity index (χ1n) is 9.85. The summed E-state index contributed by atoms with van der Waals surface area (Å²) < 4.78 is 1.74. The Morgan fingerprint density at radius 3 is 2.38 bits per heavy atom. The van der Waals surface area contributed by atoms with Crippen LogP contribution < -0.4 is 5.56 Å².